The van der Waals surface area contributed by atoms with E-state index in [0.29, 0.717) is 5.92 Å². The molecule has 2 aromatic rings. The van der Waals surface area contributed by atoms with Gasteiger partial charge in [-0.3, -0.25) is 9.80 Å². The Morgan fingerprint density at radius 3 is 2.52 bits per heavy atom. The Labute approximate surface area is 163 Å². The minimum atomic E-state index is 0.496. The average Bonchev–Trinajstić information content (AvgIpc) is 3.05. The van der Waals surface area contributed by atoms with Crippen LogP contribution in [-0.2, 0) is 20.1 Å². The van der Waals surface area contributed by atoms with Gasteiger partial charge < -0.3 is 4.57 Å². The zero-order valence-corrected chi connectivity index (χ0v) is 16.9. The van der Waals surface area contributed by atoms with Crippen LogP contribution in [0.25, 0.3) is 0 Å². The van der Waals surface area contributed by atoms with Crippen LogP contribution < -0.4 is 0 Å². The van der Waals surface area contributed by atoms with Gasteiger partial charge in [-0.05, 0) is 63.4 Å². The number of aromatic nitrogens is 3. The second-order valence-corrected chi connectivity index (χ2v) is 8.37. The summed E-state index contributed by atoms with van der Waals surface area (Å²) in [4.78, 5) is 5.12. The number of piperidine rings is 2. The number of benzene rings is 1. The second kappa shape index (κ2) is 8.53. The Morgan fingerprint density at radius 2 is 1.70 bits per heavy atom. The molecule has 1 atom stereocenters. The molecular formula is C22H33N5. The van der Waals surface area contributed by atoms with Crippen LogP contribution in [0.4, 0.5) is 0 Å². The molecule has 5 nitrogen and oxygen atoms in total. The Balaban J connectivity index is 1.41. The van der Waals surface area contributed by atoms with Gasteiger partial charge in [-0.2, -0.15) is 0 Å². The van der Waals surface area contributed by atoms with Gasteiger partial charge in [0.1, 0.15) is 11.6 Å². The molecule has 0 amide bonds. The molecule has 2 aliphatic rings. The maximum atomic E-state index is 4.62. The number of hydrogen-bond donors (Lipinski definition) is 0. The lowest BCUT2D eigenvalue weighted by Crippen LogP contribution is -2.35. The van der Waals surface area contributed by atoms with Crippen molar-refractivity contribution < 1.29 is 0 Å². The predicted molar refractivity (Wildman–Crippen MR) is 109 cm³/mol. The molecule has 3 heterocycles. The van der Waals surface area contributed by atoms with Crippen molar-refractivity contribution in [1.29, 1.82) is 0 Å². The molecule has 0 aliphatic carbocycles. The van der Waals surface area contributed by atoms with Crippen molar-refractivity contribution in [1.82, 2.24) is 24.6 Å². The van der Waals surface area contributed by atoms with Crippen LogP contribution in [0.3, 0.4) is 0 Å². The van der Waals surface area contributed by atoms with E-state index >= 15 is 0 Å². The maximum absolute atomic E-state index is 4.62. The summed E-state index contributed by atoms with van der Waals surface area (Å²) in [5.41, 5.74) is 2.84. The summed E-state index contributed by atoms with van der Waals surface area (Å²) in [5.74, 6) is 2.80. The third-order valence-electron chi connectivity index (χ3n) is 6.34. The molecule has 5 heteroatoms. The van der Waals surface area contributed by atoms with E-state index in [1.54, 1.807) is 0 Å². The molecule has 27 heavy (non-hydrogen) atoms. The molecule has 2 aliphatic heterocycles. The summed E-state index contributed by atoms with van der Waals surface area (Å²) in [6, 6.07) is 8.75. The van der Waals surface area contributed by atoms with Gasteiger partial charge in [0.15, 0.2) is 0 Å². The topological polar surface area (TPSA) is 37.2 Å². The van der Waals surface area contributed by atoms with Gasteiger partial charge in [-0.25, -0.2) is 0 Å². The van der Waals surface area contributed by atoms with E-state index in [4.69, 9.17) is 0 Å². The summed E-state index contributed by atoms with van der Waals surface area (Å²) in [6.45, 7) is 8.89. The fourth-order valence-electron chi connectivity index (χ4n) is 4.62. The lowest BCUT2D eigenvalue weighted by molar-refractivity contribution is 0.193. The zero-order chi connectivity index (χ0) is 18.6. The molecule has 0 spiro atoms. The summed E-state index contributed by atoms with van der Waals surface area (Å²) in [6.07, 6.45) is 6.48. The molecule has 0 N–H and O–H groups in total. The number of nitrogens with zero attached hydrogens (tertiary/aromatic N) is 5. The molecule has 1 aromatic heterocycles. The standard InChI is InChI=1S/C22H33N5/c1-18-9-4-5-10-19(18)15-27-14-8-11-20(16-27)22-24-23-21(25(22)2)17-26-12-6-3-7-13-26/h4-5,9-10,20H,3,6-8,11-17H2,1-2H3/t20-/m1/s1. The first kappa shape index (κ1) is 18.6. The molecule has 2 fully saturated rings. The molecule has 0 bridgehead atoms. The van der Waals surface area contributed by atoms with E-state index in [1.165, 1.54) is 68.7 Å². The lowest BCUT2D eigenvalue weighted by atomic mass is 9.96. The molecule has 2 saturated heterocycles. The van der Waals surface area contributed by atoms with Gasteiger partial charge in [0, 0.05) is 26.1 Å². The van der Waals surface area contributed by atoms with Crippen molar-refractivity contribution >= 4 is 0 Å². The Kier molecular flexibility index (Phi) is 5.89. The fourth-order valence-corrected chi connectivity index (χ4v) is 4.62. The van der Waals surface area contributed by atoms with Crippen LogP contribution in [0, 0.1) is 6.92 Å². The average molecular weight is 368 g/mol. The monoisotopic (exact) mass is 367 g/mol. The highest BCUT2D eigenvalue weighted by atomic mass is 15.3. The lowest BCUT2D eigenvalue weighted by Gasteiger charge is -2.32. The number of rotatable bonds is 5. The van der Waals surface area contributed by atoms with E-state index in [9.17, 15) is 0 Å². The van der Waals surface area contributed by atoms with Gasteiger partial charge in [-0.15, -0.1) is 10.2 Å². The van der Waals surface area contributed by atoms with Gasteiger partial charge in [0.25, 0.3) is 0 Å². The van der Waals surface area contributed by atoms with Crippen molar-refractivity contribution in [2.24, 2.45) is 7.05 Å². The van der Waals surface area contributed by atoms with Crippen LogP contribution >= 0.6 is 0 Å². The van der Waals surface area contributed by atoms with Crippen molar-refractivity contribution in [3.8, 4) is 0 Å². The van der Waals surface area contributed by atoms with E-state index < -0.39 is 0 Å². The normalized spacial score (nSPS) is 22.2. The van der Waals surface area contributed by atoms with E-state index in [2.05, 4.69) is 62.8 Å². The number of likely N-dealkylation sites (tertiary alicyclic amines) is 2. The van der Waals surface area contributed by atoms with Crippen molar-refractivity contribution in [3.05, 3.63) is 47.0 Å². The van der Waals surface area contributed by atoms with E-state index in [-0.39, 0.29) is 0 Å². The van der Waals surface area contributed by atoms with Crippen LogP contribution in [-0.4, -0.2) is 50.7 Å². The fraction of sp³-hybridized carbons (Fsp3) is 0.636. The molecule has 0 saturated carbocycles. The second-order valence-electron chi connectivity index (χ2n) is 8.37. The molecule has 0 unspecified atom stereocenters. The highest BCUT2D eigenvalue weighted by molar-refractivity contribution is 5.25. The molecular weight excluding hydrogens is 334 g/mol. The minimum absolute atomic E-state index is 0.496. The Hall–Kier alpha value is -1.72. The third kappa shape index (κ3) is 4.41. The number of aryl methyl sites for hydroxylation is 1. The summed E-state index contributed by atoms with van der Waals surface area (Å²) in [7, 11) is 2.16. The minimum Gasteiger partial charge on any atom is -0.317 e. The molecule has 1 aromatic carbocycles. The van der Waals surface area contributed by atoms with Crippen LogP contribution in [0.5, 0.6) is 0 Å². The van der Waals surface area contributed by atoms with E-state index in [0.717, 1.165) is 25.5 Å². The van der Waals surface area contributed by atoms with Gasteiger partial charge in [-0.1, -0.05) is 30.7 Å². The smallest absolute Gasteiger partial charge is 0.146 e. The molecule has 146 valence electrons. The Morgan fingerprint density at radius 1 is 0.926 bits per heavy atom. The molecule has 0 radical (unpaired) electrons. The van der Waals surface area contributed by atoms with Crippen LogP contribution in [0.15, 0.2) is 24.3 Å². The summed E-state index contributed by atoms with van der Waals surface area (Å²) < 4.78 is 2.27. The van der Waals surface area contributed by atoms with Gasteiger partial charge >= 0.3 is 0 Å². The first-order chi connectivity index (χ1) is 13.2. The Bertz CT molecular complexity index is 747. The first-order valence-corrected chi connectivity index (χ1v) is 10.6. The molecule has 4 rings (SSSR count). The quantitative estimate of drug-likeness (QED) is 0.811. The SMILES string of the molecule is Cc1ccccc1CN1CCC[C@@H](c2nnc(CN3CCCCC3)n2C)C1. The third-order valence-corrected chi connectivity index (χ3v) is 6.34. The van der Waals surface area contributed by atoms with Gasteiger partial charge in [0.05, 0.1) is 6.54 Å². The maximum Gasteiger partial charge on any atom is 0.146 e. The van der Waals surface area contributed by atoms with Crippen molar-refractivity contribution in [2.45, 2.75) is 58.0 Å². The largest absolute Gasteiger partial charge is 0.317 e. The zero-order valence-electron chi connectivity index (χ0n) is 16.9. The van der Waals surface area contributed by atoms with Crippen LogP contribution in [0.2, 0.25) is 0 Å². The number of hydrogen-bond acceptors (Lipinski definition) is 4. The highest BCUT2D eigenvalue weighted by Gasteiger charge is 2.26. The first-order valence-electron chi connectivity index (χ1n) is 10.6. The summed E-state index contributed by atoms with van der Waals surface area (Å²) in [5, 5.41) is 9.18. The van der Waals surface area contributed by atoms with Crippen molar-refractivity contribution in [2.75, 3.05) is 26.2 Å². The van der Waals surface area contributed by atoms with Crippen molar-refractivity contribution in [3.63, 3.8) is 0 Å². The predicted octanol–water partition coefficient (Wildman–Crippen LogP) is 3.49. The highest BCUT2D eigenvalue weighted by Crippen LogP contribution is 2.27. The van der Waals surface area contributed by atoms with Gasteiger partial charge in [0.2, 0.25) is 0 Å². The summed E-state index contributed by atoms with van der Waals surface area (Å²) >= 11 is 0. The van der Waals surface area contributed by atoms with E-state index in [1.807, 2.05) is 0 Å². The van der Waals surface area contributed by atoms with Crippen LogP contribution in [0.1, 0.15) is 60.8 Å².